The SMILES string of the molecule is COc1cccc(-c2nc(OCc3ccc(F)cc3)nn2-c2cccc(NC(=O)C3CCC3)c2)c1. The lowest BCUT2D eigenvalue weighted by Crippen LogP contribution is -2.28. The van der Waals surface area contributed by atoms with Gasteiger partial charge in [0.15, 0.2) is 5.82 Å². The number of carbonyl (C=O) groups excluding carboxylic acids is 1. The summed E-state index contributed by atoms with van der Waals surface area (Å²) in [6.07, 6.45) is 2.97. The summed E-state index contributed by atoms with van der Waals surface area (Å²) in [6, 6.07) is 21.2. The predicted molar refractivity (Wildman–Crippen MR) is 130 cm³/mol. The van der Waals surface area contributed by atoms with Gasteiger partial charge < -0.3 is 14.8 Å². The first kappa shape index (κ1) is 22.6. The van der Waals surface area contributed by atoms with Crippen LogP contribution in [-0.2, 0) is 11.4 Å². The van der Waals surface area contributed by atoms with Gasteiger partial charge in [-0.15, -0.1) is 5.10 Å². The molecule has 178 valence electrons. The number of rotatable bonds is 8. The minimum Gasteiger partial charge on any atom is -0.497 e. The second-order valence-corrected chi connectivity index (χ2v) is 8.44. The van der Waals surface area contributed by atoms with Gasteiger partial charge in [-0.25, -0.2) is 9.07 Å². The molecule has 0 unspecified atom stereocenters. The van der Waals surface area contributed by atoms with E-state index in [9.17, 15) is 9.18 Å². The number of anilines is 1. The van der Waals surface area contributed by atoms with Crippen LogP contribution in [0, 0.1) is 11.7 Å². The number of carbonyl (C=O) groups is 1. The lowest BCUT2D eigenvalue weighted by molar-refractivity contribution is -0.122. The van der Waals surface area contributed by atoms with Crippen molar-refractivity contribution in [3.63, 3.8) is 0 Å². The molecule has 1 heterocycles. The van der Waals surface area contributed by atoms with Gasteiger partial charge in [0.1, 0.15) is 18.2 Å². The molecule has 1 amide bonds. The van der Waals surface area contributed by atoms with Crippen molar-refractivity contribution < 1.29 is 18.7 Å². The van der Waals surface area contributed by atoms with Gasteiger partial charge in [0.2, 0.25) is 5.91 Å². The van der Waals surface area contributed by atoms with Gasteiger partial charge in [-0.1, -0.05) is 36.8 Å². The zero-order valence-corrected chi connectivity index (χ0v) is 19.3. The molecular formula is C27H25FN4O3. The molecule has 1 aromatic heterocycles. The molecule has 4 aromatic rings. The van der Waals surface area contributed by atoms with Crippen molar-refractivity contribution in [1.29, 1.82) is 0 Å². The Labute approximate surface area is 202 Å². The molecule has 35 heavy (non-hydrogen) atoms. The van der Waals surface area contributed by atoms with E-state index < -0.39 is 0 Å². The van der Waals surface area contributed by atoms with Crippen LogP contribution in [0.5, 0.6) is 11.8 Å². The van der Waals surface area contributed by atoms with Gasteiger partial charge >= 0.3 is 6.01 Å². The number of nitrogens with one attached hydrogen (secondary N) is 1. The van der Waals surface area contributed by atoms with E-state index in [4.69, 9.17) is 9.47 Å². The van der Waals surface area contributed by atoms with Crippen LogP contribution in [0.3, 0.4) is 0 Å². The standard InChI is InChI=1S/C27H25FN4O3/c1-34-24-10-3-7-20(15-24)25-30-27(35-17-18-11-13-21(28)14-12-18)31-32(25)23-9-4-8-22(16-23)29-26(33)19-5-2-6-19/h3-4,7-16,19H,2,5-6,17H2,1H3,(H,29,33). The maximum atomic E-state index is 13.2. The van der Waals surface area contributed by atoms with E-state index >= 15 is 0 Å². The lowest BCUT2D eigenvalue weighted by atomic mass is 9.85. The summed E-state index contributed by atoms with van der Waals surface area (Å²) in [5.41, 5.74) is 3.00. The third kappa shape index (κ3) is 5.16. The van der Waals surface area contributed by atoms with Crippen LogP contribution in [0.25, 0.3) is 17.1 Å². The summed E-state index contributed by atoms with van der Waals surface area (Å²) in [4.78, 5) is 17.1. The fraction of sp³-hybridized carbons (Fsp3) is 0.222. The Kier molecular flexibility index (Phi) is 6.43. The number of methoxy groups -OCH3 is 1. The molecule has 0 spiro atoms. The number of amides is 1. The smallest absolute Gasteiger partial charge is 0.336 e. The van der Waals surface area contributed by atoms with Gasteiger partial charge in [-0.2, -0.15) is 4.98 Å². The number of hydrogen-bond acceptors (Lipinski definition) is 5. The van der Waals surface area contributed by atoms with Crippen LogP contribution in [0.2, 0.25) is 0 Å². The summed E-state index contributed by atoms with van der Waals surface area (Å²) in [7, 11) is 1.61. The van der Waals surface area contributed by atoms with Crippen molar-refractivity contribution in [2.75, 3.05) is 12.4 Å². The predicted octanol–water partition coefficient (Wildman–Crippen LogP) is 5.40. The molecule has 0 aliphatic heterocycles. The first-order chi connectivity index (χ1) is 17.1. The molecule has 1 saturated carbocycles. The fourth-order valence-corrected chi connectivity index (χ4v) is 3.84. The molecule has 1 fully saturated rings. The first-order valence-electron chi connectivity index (χ1n) is 11.5. The van der Waals surface area contributed by atoms with E-state index in [1.807, 2.05) is 48.5 Å². The molecule has 8 heteroatoms. The normalized spacial score (nSPS) is 13.2. The Hall–Kier alpha value is -4.20. The molecule has 1 aliphatic carbocycles. The Morgan fingerprint density at radius 3 is 2.63 bits per heavy atom. The summed E-state index contributed by atoms with van der Waals surface area (Å²) < 4.78 is 26.1. The van der Waals surface area contributed by atoms with E-state index in [-0.39, 0.29) is 30.3 Å². The number of benzene rings is 3. The zero-order chi connectivity index (χ0) is 24.2. The second-order valence-electron chi connectivity index (χ2n) is 8.44. The fourth-order valence-electron chi connectivity index (χ4n) is 3.84. The minimum absolute atomic E-state index is 0.0447. The van der Waals surface area contributed by atoms with Gasteiger partial charge in [-0.05, 0) is 60.9 Å². The molecule has 3 aromatic carbocycles. The molecule has 7 nitrogen and oxygen atoms in total. The molecule has 1 aliphatic rings. The average molecular weight is 473 g/mol. The number of ether oxygens (including phenoxy) is 2. The van der Waals surface area contributed by atoms with Crippen LogP contribution in [-0.4, -0.2) is 27.8 Å². The van der Waals surface area contributed by atoms with Gasteiger partial charge in [0.25, 0.3) is 0 Å². The number of aromatic nitrogens is 3. The molecule has 5 rings (SSSR count). The average Bonchev–Trinajstić information content (AvgIpc) is 3.27. The van der Waals surface area contributed by atoms with Crippen LogP contribution < -0.4 is 14.8 Å². The highest BCUT2D eigenvalue weighted by molar-refractivity contribution is 5.93. The number of halogens is 1. The van der Waals surface area contributed by atoms with Crippen molar-refractivity contribution >= 4 is 11.6 Å². The first-order valence-corrected chi connectivity index (χ1v) is 11.5. The van der Waals surface area contributed by atoms with Crippen LogP contribution >= 0.6 is 0 Å². The molecule has 0 saturated heterocycles. The zero-order valence-electron chi connectivity index (χ0n) is 19.3. The van der Waals surface area contributed by atoms with E-state index in [0.29, 0.717) is 17.3 Å². The molecule has 1 N–H and O–H groups in total. The van der Waals surface area contributed by atoms with Gasteiger partial charge in [-0.3, -0.25) is 4.79 Å². The molecule has 0 bridgehead atoms. The Morgan fingerprint density at radius 2 is 1.89 bits per heavy atom. The number of nitrogens with zero attached hydrogens (tertiary/aromatic N) is 3. The molecular weight excluding hydrogens is 447 g/mol. The van der Waals surface area contributed by atoms with Crippen LogP contribution in [0.1, 0.15) is 24.8 Å². The van der Waals surface area contributed by atoms with Crippen molar-refractivity contribution in [3.05, 3.63) is 84.2 Å². The Morgan fingerprint density at radius 1 is 1.09 bits per heavy atom. The van der Waals surface area contributed by atoms with Gasteiger partial charge in [0.05, 0.1) is 12.8 Å². The summed E-state index contributed by atoms with van der Waals surface area (Å²) in [5, 5.41) is 7.59. The lowest BCUT2D eigenvalue weighted by Gasteiger charge is -2.24. The molecule has 0 atom stereocenters. The Balaban J connectivity index is 1.46. The van der Waals surface area contributed by atoms with Crippen molar-refractivity contribution in [1.82, 2.24) is 14.8 Å². The van der Waals surface area contributed by atoms with E-state index in [1.165, 1.54) is 12.1 Å². The highest BCUT2D eigenvalue weighted by Crippen LogP contribution is 2.30. The Bertz CT molecular complexity index is 1330. The maximum absolute atomic E-state index is 13.2. The highest BCUT2D eigenvalue weighted by Gasteiger charge is 2.25. The van der Waals surface area contributed by atoms with Gasteiger partial charge in [0, 0.05) is 17.2 Å². The van der Waals surface area contributed by atoms with Crippen molar-refractivity contribution in [2.45, 2.75) is 25.9 Å². The van der Waals surface area contributed by atoms with E-state index in [2.05, 4.69) is 15.4 Å². The van der Waals surface area contributed by atoms with E-state index in [0.717, 1.165) is 36.1 Å². The quantitative estimate of drug-likeness (QED) is 0.372. The second kappa shape index (κ2) is 9.97. The van der Waals surface area contributed by atoms with Crippen molar-refractivity contribution in [3.8, 4) is 28.8 Å². The molecule has 0 radical (unpaired) electrons. The topological polar surface area (TPSA) is 78.3 Å². The third-order valence-corrected chi connectivity index (χ3v) is 6.03. The summed E-state index contributed by atoms with van der Waals surface area (Å²) in [5.74, 6) is 1.07. The highest BCUT2D eigenvalue weighted by atomic mass is 19.1. The van der Waals surface area contributed by atoms with Crippen LogP contribution in [0.4, 0.5) is 10.1 Å². The van der Waals surface area contributed by atoms with Crippen molar-refractivity contribution in [2.24, 2.45) is 5.92 Å². The van der Waals surface area contributed by atoms with Crippen LogP contribution in [0.15, 0.2) is 72.8 Å². The number of hydrogen-bond donors (Lipinski definition) is 1. The van der Waals surface area contributed by atoms with E-state index in [1.54, 1.807) is 23.9 Å². The summed E-state index contributed by atoms with van der Waals surface area (Å²) >= 11 is 0. The minimum atomic E-state index is -0.305. The third-order valence-electron chi connectivity index (χ3n) is 6.03. The largest absolute Gasteiger partial charge is 0.497 e. The monoisotopic (exact) mass is 472 g/mol. The summed E-state index contributed by atoms with van der Waals surface area (Å²) in [6.45, 7) is 0.194. The maximum Gasteiger partial charge on any atom is 0.336 e.